The normalized spacial score (nSPS) is 17.0. The van der Waals surface area contributed by atoms with Gasteiger partial charge in [-0.1, -0.05) is 84.5 Å². The highest BCUT2D eigenvalue weighted by Crippen LogP contribution is 2.51. The van der Waals surface area contributed by atoms with Crippen LogP contribution in [-0.4, -0.2) is 8.07 Å². The lowest BCUT2D eigenvalue weighted by Gasteiger charge is -2.34. The summed E-state index contributed by atoms with van der Waals surface area (Å²) in [5.74, 6) is 0. The van der Waals surface area contributed by atoms with Crippen molar-refractivity contribution in [2.75, 3.05) is 0 Å². The van der Waals surface area contributed by atoms with Gasteiger partial charge < -0.3 is 0 Å². The van der Waals surface area contributed by atoms with Gasteiger partial charge in [0.2, 0.25) is 0 Å². The average Bonchev–Trinajstić information content (AvgIpc) is 3.09. The molecule has 0 atom stereocenters. The maximum atomic E-state index is 2.56. The Labute approximate surface area is 134 Å². The first kappa shape index (κ1) is 13.8. The lowest BCUT2D eigenvalue weighted by Crippen LogP contribution is -2.37. The minimum atomic E-state index is -1.59. The molecule has 0 aromatic heterocycles. The molecule has 110 valence electrons. The predicted molar refractivity (Wildman–Crippen MR) is 97.7 cm³/mol. The SMILES string of the molecule is CC1=C([Si](C)(C)C2c3ccccc3-c3ccccc32)CC=C1. The van der Waals surface area contributed by atoms with Gasteiger partial charge in [-0.15, -0.1) is 0 Å². The molecule has 0 N–H and O–H groups in total. The molecule has 2 aliphatic rings. The molecule has 0 saturated heterocycles. The molecule has 0 nitrogen and oxygen atoms in total. The van der Waals surface area contributed by atoms with Crippen LogP contribution in [0, 0.1) is 0 Å². The Morgan fingerprint density at radius 1 is 0.864 bits per heavy atom. The van der Waals surface area contributed by atoms with Gasteiger partial charge in [0.15, 0.2) is 0 Å². The Bertz CT molecular complexity index is 763. The quantitative estimate of drug-likeness (QED) is 0.609. The van der Waals surface area contributed by atoms with Crippen molar-refractivity contribution in [1.82, 2.24) is 0 Å². The van der Waals surface area contributed by atoms with Crippen LogP contribution in [0.3, 0.4) is 0 Å². The van der Waals surface area contributed by atoms with E-state index in [0.29, 0.717) is 5.54 Å². The highest BCUT2D eigenvalue weighted by Gasteiger charge is 2.43. The van der Waals surface area contributed by atoms with E-state index in [-0.39, 0.29) is 0 Å². The smallest absolute Gasteiger partial charge is 0.0806 e. The third-order valence-corrected chi connectivity index (χ3v) is 9.72. The van der Waals surface area contributed by atoms with Crippen LogP contribution in [0.15, 0.2) is 71.5 Å². The van der Waals surface area contributed by atoms with Crippen LogP contribution in [-0.2, 0) is 0 Å². The predicted octanol–water partition coefficient (Wildman–Crippen LogP) is 5.86. The lowest BCUT2D eigenvalue weighted by atomic mass is 10.1. The number of hydrogen-bond donors (Lipinski definition) is 0. The molecule has 22 heavy (non-hydrogen) atoms. The number of allylic oxidation sites excluding steroid dienone is 4. The largest absolute Gasteiger partial charge is 0.0884 e. The van der Waals surface area contributed by atoms with Crippen molar-refractivity contribution in [1.29, 1.82) is 0 Å². The van der Waals surface area contributed by atoms with E-state index in [0.717, 1.165) is 6.42 Å². The van der Waals surface area contributed by atoms with E-state index in [1.54, 1.807) is 16.3 Å². The Morgan fingerprint density at radius 2 is 1.41 bits per heavy atom. The van der Waals surface area contributed by atoms with Gasteiger partial charge in [0.05, 0.1) is 8.07 Å². The van der Waals surface area contributed by atoms with Crippen LogP contribution < -0.4 is 0 Å². The molecule has 1 heteroatoms. The van der Waals surface area contributed by atoms with Crippen molar-refractivity contribution in [2.45, 2.75) is 32.0 Å². The lowest BCUT2D eigenvalue weighted by molar-refractivity contribution is 1.10. The fourth-order valence-corrected chi connectivity index (χ4v) is 8.64. The second-order valence-electron chi connectivity index (χ2n) is 7.10. The number of hydrogen-bond acceptors (Lipinski definition) is 0. The summed E-state index contributed by atoms with van der Waals surface area (Å²) in [7, 11) is -1.59. The number of rotatable bonds is 2. The van der Waals surface area contributed by atoms with Crippen LogP contribution >= 0.6 is 0 Å². The minimum Gasteiger partial charge on any atom is -0.0806 e. The molecule has 0 unspecified atom stereocenters. The van der Waals surface area contributed by atoms with Crippen LogP contribution in [0.5, 0.6) is 0 Å². The minimum absolute atomic E-state index is 0.588. The van der Waals surface area contributed by atoms with Gasteiger partial charge in [0, 0.05) is 5.54 Å². The van der Waals surface area contributed by atoms with Crippen molar-refractivity contribution < 1.29 is 0 Å². The fraction of sp³-hybridized carbons (Fsp3) is 0.238. The molecule has 4 rings (SSSR count). The first-order valence-electron chi connectivity index (χ1n) is 8.15. The summed E-state index contributed by atoms with van der Waals surface area (Å²) in [4.78, 5) is 0. The zero-order chi connectivity index (χ0) is 15.3. The molecule has 2 aromatic rings. The Kier molecular flexibility index (Phi) is 3.02. The summed E-state index contributed by atoms with van der Waals surface area (Å²) < 4.78 is 0. The van der Waals surface area contributed by atoms with E-state index < -0.39 is 8.07 Å². The Morgan fingerprint density at radius 3 is 1.91 bits per heavy atom. The summed E-state index contributed by atoms with van der Waals surface area (Å²) >= 11 is 0. The molecule has 0 heterocycles. The second-order valence-corrected chi connectivity index (χ2v) is 11.7. The highest BCUT2D eigenvalue weighted by molar-refractivity contribution is 6.86. The van der Waals surface area contributed by atoms with E-state index in [1.165, 1.54) is 16.7 Å². The van der Waals surface area contributed by atoms with Gasteiger partial charge in [0.1, 0.15) is 0 Å². The third kappa shape index (κ3) is 1.82. The van der Waals surface area contributed by atoms with E-state index in [4.69, 9.17) is 0 Å². The summed E-state index contributed by atoms with van der Waals surface area (Å²) in [5, 5.41) is 1.73. The summed E-state index contributed by atoms with van der Waals surface area (Å²) in [5.41, 5.74) is 8.10. The summed E-state index contributed by atoms with van der Waals surface area (Å²) in [6.45, 7) is 7.41. The van der Waals surface area contributed by atoms with E-state index >= 15 is 0 Å². The maximum absolute atomic E-state index is 2.56. The topological polar surface area (TPSA) is 0 Å². The fourth-order valence-electron chi connectivity index (χ4n) is 4.49. The van der Waals surface area contributed by atoms with Gasteiger partial charge in [-0.25, -0.2) is 0 Å². The molecular formula is C21H22Si. The van der Waals surface area contributed by atoms with Crippen LogP contribution in [0.1, 0.15) is 30.0 Å². The summed E-state index contributed by atoms with van der Waals surface area (Å²) in [6.07, 6.45) is 5.81. The van der Waals surface area contributed by atoms with Crippen LogP contribution in [0.25, 0.3) is 11.1 Å². The van der Waals surface area contributed by atoms with Crippen molar-refractivity contribution in [2.24, 2.45) is 0 Å². The zero-order valence-electron chi connectivity index (χ0n) is 13.6. The van der Waals surface area contributed by atoms with Crippen molar-refractivity contribution in [3.8, 4) is 11.1 Å². The van der Waals surface area contributed by atoms with Gasteiger partial charge in [-0.05, 0) is 35.6 Å². The number of benzene rings is 2. The van der Waals surface area contributed by atoms with E-state index in [2.05, 4.69) is 80.7 Å². The van der Waals surface area contributed by atoms with Crippen molar-refractivity contribution >= 4 is 8.07 Å². The molecule has 0 amide bonds. The Balaban J connectivity index is 1.94. The Hall–Kier alpha value is -1.86. The first-order chi connectivity index (χ1) is 10.6. The molecule has 0 saturated carbocycles. The molecule has 0 radical (unpaired) electrons. The van der Waals surface area contributed by atoms with Gasteiger partial charge >= 0.3 is 0 Å². The maximum Gasteiger partial charge on any atom is 0.0884 e. The summed E-state index contributed by atoms with van der Waals surface area (Å²) in [6, 6.07) is 18.1. The monoisotopic (exact) mass is 302 g/mol. The van der Waals surface area contributed by atoms with Gasteiger partial charge in [-0.2, -0.15) is 0 Å². The van der Waals surface area contributed by atoms with E-state index in [1.807, 2.05) is 0 Å². The molecule has 2 aromatic carbocycles. The third-order valence-electron chi connectivity index (χ3n) is 5.50. The standard InChI is InChI=1S/C21H22Si/c1-15-9-8-14-20(15)22(2,3)21-18-12-6-4-10-16(18)17-11-5-7-13-19(17)21/h4-13,21H,14H2,1-3H3. The second kappa shape index (κ2) is 4.82. The van der Waals surface area contributed by atoms with E-state index in [9.17, 15) is 0 Å². The zero-order valence-corrected chi connectivity index (χ0v) is 14.6. The van der Waals surface area contributed by atoms with Crippen LogP contribution in [0.4, 0.5) is 0 Å². The van der Waals surface area contributed by atoms with Crippen LogP contribution in [0.2, 0.25) is 13.1 Å². The molecular weight excluding hydrogens is 280 g/mol. The molecule has 0 spiro atoms. The molecule has 0 bridgehead atoms. The van der Waals surface area contributed by atoms with Crippen molar-refractivity contribution in [3.63, 3.8) is 0 Å². The first-order valence-corrected chi connectivity index (χ1v) is 11.2. The molecule has 0 aliphatic heterocycles. The van der Waals surface area contributed by atoms with Gasteiger partial charge in [-0.3, -0.25) is 0 Å². The highest BCUT2D eigenvalue weighted by atomic mass is 28.3. The van der Waals surface area contributed by atoms with Crippen molar-refractivity contribution in [3.05, 3.63) is 82.6 Å². The average molecular weight is 302 g/mol. The number of fused-ring (bicyclic) bond motifs is 3. The van der Waals surface area contributed by atoms with Gasteiger partial charge in [0.25, 0.3) is 0 Å². The molecule has 2 aliphatic carbocycles. The molecule has 0 fully saturated rings.